The highest BCUT2D eigenvalue weighted by Crippen LogP contribution is 2.27. The molecule has 0 aromatic heterocycles. The molecule has 15 heavy (non-hydrogen) atoms. The fourth-order valence-electron chi connectivity index (χ4n) is 2.01. The molecule has 1 rings (SSSR count). The fraction of sp³-hybridized carbons (Fsp3) is 0.909. The Balaban J connectivity index is 2.07. The Morgan fingerprint density at radius 2 is 2.20 bits per heavy atom. The van der Waals surface area contributed by atoms with Crippen molar-refractivity contribution in [2.24, 2.45) is 5.92 Å². The Morgan fingerprint density at radius 3 is 2.80 bits per heavy atom. The Bertz CT molecular complexity index is 193. The second-order valence-electron chi connectivity index (χ2n) is 4.21. The largest absolute Gasteiger partial charge is 0.383 e. The summed E-state index contributed by atoms with van der Waals surface area (Å²) in [5.41, 5.74) is 0. The van der Waals surface area contributed by atoms with Crippen molar-refractivity contribution in [1.82, 2.24) is 5.32 Å². The summed E-state index contributed by atoms with van der Waals surface area (Å²) < 4.78 is 4.89. The minimum Gasteiger partial charge on any atom is -0.383 e. The van der Waals surface area contributed by atoms with Gasteiger partial charge in [0.1, 0.15) is 0 Å². The van der Waals surface area contributed by atoms with E-state index in [0.29, 0.717) is 25.5 Å². The lowest BCUT2D eigenvalue weighted by Gasteiger charge is -2.12. The minimum atomic E-state index is -0.123. The third-order valence-corrected chi connectivity index (χ3v) is 3.10. The first-order chi connectivity index (χ1) is 7.22. The van der Waals surface area contributed by atoms with E-state index in [4.69, 9.17) is 16.3 Å². The van der Waals surface area contributed by atoms with Gasteiger partial charge in [0.25, 0.3) is 0 Å². The maximum atomic E-state index is 11.5. The van der Waals surface area contributed by atoms with E-state index in [-0.39, 0.29) is 11.3 Å². The lowest BCUT2D eigenvalue weighted by molar-refractivity contribution is -0.122. The third kappa shape index (κ3) is 5.38. The number of nitrogens with one attached hydrogen (secondary N) is 1. The zero-order chi connectivity index (χ0) is 11.1. The van der Waals surface area contributed by atoms with E-state index in [1.807, 2.05) is 0 Å². The van der Waals surface area contributed by atoms with Crippen LogP contribution in [0.1, 0.15) is 32.1 Å². The molecule has 1 aliphatic carbocycles. The summed E-state index contributed by atoms with van der Waals surface area (Å²) in [5, 5.41) is 2.72. The highest BCUT2D eigenvalue weighted by Gasteiger charge is 2.18. The van der Waals surface area contributed by atoms with Crippen molar-refractivity contribution in [2.75, 3.05) is 20.3 Å². The number of carbonyl (C=O) groups is 1. The number of methoxy groups -OCH3 is 1. The van der Waals surface area contributed by atoms with Gasteiger partial charge >= 0.3 is 0 Å². The van der Waals surface area contributed by atoms with Crippen LogP contribution >= 0.6 is 11.6 Å². The number of alkyl halides is 1. The second kappa shape index (κ2) is 7.07. The van der Waals surface area contributed by atoms with Gasteiger partial charge in [-0.3, -0.25) is 4.79 Å². The number of ether oxygens (including phenoxy) is 1. The molecule has 1 N–H and O–H groups in total. The molecule has 0 radical (unpaired) electrons. The van der Waals surface area contributed by atoms with Gasteiger partial charge in [0, 0.05) is 20.1 Å². The van der Waals surface area contributed by atoms with Crippen molar-refractivity contribution in [3.63, 3.8) is 0 Å². The van der Waals surface area contributed by atoms with Crippen molar-refractivity contribution in [2.45, 2.75) is 37.5 Å². The van der Waals surface area contributed by atoms with E-state index in [1.54, 1.807) is 7.11 Å². The van der Waals surface area contributed by atoms with Crippen molar-refractivity contribution in [3.8, 4) is 0 Å². The van der Waals surface area contributed by atoms with Gasteiger partial charge in [-0.05, 0) is 18.8 Å². The maximum Gasteiger partial charge on any atom is 0.220 e. The first-order valence-corrected chi connectivity index (χ1v) is 6.05. The third-order valence-electron chi connectivity index (χ3n) is 2.82. The summed E-state index contributed by atoms with van der Waals surface area (Å²) in [4.78, 5) is 11.5. The van der Waals surface area contributed by atoms with Crippen molar-refractivity contribution < 1.29 is 9.53 Å². The smallest absolute Gasteiger partial charge is 0.220 e. The van der Waals surface area contributed by atoms with E-state index >= 15 is 0 Å². The number of hydrogen-bond donors (Lipinski definition) is 1. The molecular formula is C11H20ClNO2. The molecule has 0 bridgehead atoms. The highest BCUT2D eigenvalue weighted by molar-refractivity contribution is 6.21. The van der Waals surface area contributed by atoms with Crippen molar-refractivity contribution in [3.05, 3.63) is 0 Å². The van der Waals surface area contributed by atoms with Gasteiger partial charge in [-0.15, -0.1) is 11.6 Å². The van der Waals surface area contributed by atoms with Crippen LogP contribution in [0.3, 0.4) is 0 Å². The minimum absolute atomic E-state index is 0.123. The Labute approximate surface area is 96.5 Å². The molecule has 1 unspecified atom stereocenters. The molecule has 1 fully saturated rings. The average molecular weight is 234 g/mol. The van der Waals surface area contributed by atoms with Crippen LogP contribution in [0.15, 0.2) is 0 Å². The van der Waals surface area contributed by atoms with Gasteiger partial charge in [-0.25, -0.2) is 0 Å². The predicted octanol–water partition coefficient (Wildman–Crippen LogP) is 1.94. The van der Waals surface area contributed by atoms with Gasteiger partial charge in [-0.2, -0.15) is 0 Å². The monoisotopic (exact) mass is 233 g/mol. The Kier molecular flexibility index (Phi) is 6.03. The lowest BCUT2D eigenvalue weighted by Crippen LogP contribution is -2.32. The topological polar surface area (TPSA) is 38.3 Å². The molecule has 4 heteroatoms. The van der Waals surface area contributed by atoms with Gasteiger partial charge in [0.15, 0.2) is 0 Å². The van der Waals surface area contributed by atoms with E-state index in [1.165, 1.54) is 25.7 Å². The number of carbonyl (C=O) groups excluding carboxylic acids is 1. The summed E-state index contributed by atoms with van der Waals surface area (Å²) in [7, 11) is 1.61. The second-order valence-corrected chi connectivity index (χ2v) is 4.83. The number of halogens is 1. The molecule has 88 valence electrons. The SMILES string of the molecule is COCC(Cl)CNC(=O)CC1CCCC1. The van der Waals surface area contributed by atoms with Crippen LogP contribution in [0.2, 0.25) is 0 Å². The molecular weight excluding hydrogens is 214 g/mol. The molecule has 3 nitrogen and oxygen atoms in total. The van der Waals surface area contributed by atoms with E-state index in [2.05, 4.69) is 5.32 Å². The van der Waals surface area contributed by atoms with Gasteiger partial charge in [0.05, 0.1) is 12.0 Å². The standard InChI is InChI=1S/C11H20ClNO2/c1-15-8-10(12)7-13-11(14)6-9-4-2-3-5-9/h9-10H,2-8H2,1H3,(H,13,14). The molecule has 1 atom stereocenters. The quantitative estimate of drug-likeness (QED) is 0.712. The van der Waals surface area contributed by atoms with Crippen LogP contribution in [0, 0.1) is 5.92 Å². The molecule has 0 spiro atoms. The lowest BCUT2D eigenvalue weighted by atomic mass is 10.0. The number of rotatable bonds is 6. The predicted molar refractivity (Wildman–Crippen MR) is 61.1 cm³/mol. The van der Waals surface area contributed by atoms with Crippen LogP contribution in [-0.2, 0) is 9.53 Å². The molecule has 0 aliphatic heterocycles. The highest BCUT2D eigenvalue weighted by atomic mass is 35.5. The normalized spacial score (nSPS) is 19.1. The van der Waals surface area contributed by atoms with Crippen molar-refractivity contribution in [1.29, 1.82) is 0 Å². The van der Waals surface area contributed by atoms with Crippen LogP contribution in [0.25, 0.3) is 0 Å². The first-order valence-electron chi connectivity index (χ1n) is 5.62. The summed E-state index contributed by atoms with van der Waals surface area (Å²) in [6.07, 6.45) is 5.63. The summed E-state index contributed by atoms with van der Waals surface area (Å²) in [5.74, 6) is 0.727. The Morgan fingerprint density at radius 1 is 1.53 bits per heavy atom. The van der Waals surface area contributed by atoms with Crippen LogP contribution in [-0.4, -0.2) is 31.5 Å². The van der Waals surface area contributed by atoms with E-state index in [0.717, 1.165) is 0 Å². The molecule has 0 aromatic carbocycles. The van der Waals surface area contributed by atoms with Crippen LogP contribution < -0.4 is 5.32 Å². The molecule has 1 aliphatic rings. The van der Waals surface area contributed by atoms with Gasteiger partial charge in [0.2, 0.25) is 5.91 Å². The number of amides is 1. The van der Waals surface area contributed by atoms with Gasteiger partial charge < -0.3 is 10.1 Å². The van der Waals surface area contributed by atoms with Crippen molar-refractivity contribution >= 4 is 17.5 Å². The zero-order valence-corrected chi connectivity index (χ0v) is 10.1. The van der Waals surface area contributed by atoms with Crippen LogP contribution in [0.4, 0.5) is 0 Å². The van der Waals surface area contributed by atoms with Crippen LogP contribution in [0.5, 0.6) is 0 Å². The number of hydrogen-bond acceptors (Lipinski definition) is 2. The van der Waals surface area contributed by atoms with E-state index in [9.17, 15) is 4.79 Å². The van der Waals surface area contributed by atoms with Gasteiger partial charge in [-0.1, -0.05) is 12.8 Å². The Hall–Kier alpha value is -0.280. The zero-order valence-electron chi connectivity index (χ0n) is 9.30. The fourth-order valence-corrected chi connectivity index (χ4v) is 2.22. The molecule has 1 saturated carbocycles. The molecule has 0 saturated heterocycles. The first kappa shape index (κ1) is 12.8. The summed E-state index contributed by atoms with van der Waals surface area (Å²) in [6, 6.07) is 0. The summed E-state index contributed by atoms with van der Waals surface area (Å²) in [6.45, 7) is 0.978. The average Bonchev–Trinajstić information content (AvgIpc) is 2.68. The molecule has 0 aromatic rings. The molecule has 0 heterocycles. The van der Waals surface area contributed by atoms with E-state index < -0.39 is 0 Å². The maximum absolute atomic E-state index is 11.5. The summed E-state index contributed by atoms with van der Waals surface area (Å²) >= 11 is 5.90. The molecule has 1 amide bonds.